The van der Waals surface area contributed by atoms with Gasteiger partial charge in [0.15, 0.2) is 0 Å². The molecule has 4 atom stereocenters. The zero-order valence-electron chi connectivity index (χ0n) is 22.9. The van der Waals surface area contributed by atoms with Crippen molar-refractivity contribution < 1.29 is 28.3 Å². The minimum atomic E-state index is -3.26. The highest BCUT2D eigenvalue weighted by atomic mass is 35.5. The third kappa shape index (κ3) is 4.27. The molecule has 0 radical (unpaired) electrons. The second-order valence-corrected chi connectivity index (χ2v) is 12.7. The lowest BCUT2D eigenvalue weighted by molar-refractivity contribution is -0.153. The van der Waals surface area contributed by atoms with Crippen molar-refractivity contribution in [3.8, 4) is 5.69 Å². The number of amides is 2. The number of nitrogens with one attached hydrogen (secondary N) is 1. The van der Waals surface area contributed by atoms with Gasteiger partial charge in [-0.1, -0.05) is 41.4 Å². The Hall–Kier alpha value is -3.54. The van der Waals surface area contributed by atoms with E-state index in [1.165, 1.54) is 21.9 Å². The Morgan fingerprint density at radius 2 is 1.91 bits per heavy atom. The van der Waals surface area contributed by atoms with Crippen molar-refractivity contribution in [3.63, 3.8) is 0 Å². The van der Waals surface area contributed by atoms with Crippen molar-refractivity contribution >= 4 is 52.4 Å². The fourth-order valence-corrected chi connectivity index (χ4v) is 7.80. The summed E-state index contributed by atoms with van der Waals surface area (Å²) in [6.45, 7) is 1.13. The monoisotopic (exact) mass is 629 g/mol. The molecule has 3 aromatic rings. The van der Waals surface area contributed by atoms with Gasteiger partial charge in [0.25, 0.3) is 11.8 Å². The molecule has 1 saturated carbocycles. The number of fused-ring (bicyclic) bond motifs is 4. The number of hydrogen-bond donors (Lipinski definition) is 2. The molecule has 224 valence electrons. The van der Waals surface area contributed by atoms with Crippen LogP contribution in [0.25, 0.3) is 5.69 Å². The maximum atomic E-state index is 15.2. The number of hydrogen-bond acceptors (Lipinski definition) is 5. The molecule has 4 aliphatic rings. The third-order valence-corrected chi connectivity index (χ3v) is 9.69. The highest BCUT2D eigenvalue weighted by Crippen LogP contribution is 2.61. The summed E-state index contributed by atoms with van der Waals surface area (Å²) in [5, 5.41) is 18.1. The highest BCUT2D eigenvalue weighted by Gasteiger charge is 2.75. The fourth-order valence-electron chi connectivity index (χ4n) is 7.26. The van der Waals surface area contributed by atoms with Crippen LogP contribution in [0.2, 0.25) is 10.0 Å². The number of carbonyl (C=O) groups is 3. The van der Waals surface area contributed by atoms with Crippen LogP contribution < -0.4 is 10.2 Å². The Kier molecular flexibility index (Phi) is 6.39. The molecule has 2 saturated heterocycles. The smallest absolute Gasteiger partial charge is 0.310 e. The number of para-hydroxylation sites is 1. The minimum Gasteiger partial charge on any atom is -0.481 e. The van der Waals surface area contributed by atoms with E-state index < -0.39 is 60.1 Å². The van der Waals surface area contributed by atoms with Gasteiger partial charge in [-0.25, -0.2) is 13.5 Å². The summed E-state index contributed by atoms with van der Waals surface area (Å²) in [6.07, 6.45) is 2.69. The Morgan fingerprint density at radius 3 is 2.58 bits per heavy atom. The Bertz CT molecular complexity index is 1680. The minimum absolute atomic E-state index is 0.0495. The molecule has 1 aliphatic carbocycles. The molecule has 1 aromatic heterocycles. The van der Waals surface area contributed by atoms with Crippen LogP contribution >= 0.6 is 23.2 Å². The zero-order chi connectivity index (χ0) is 30.4. The van der Waals surface area contributed by atoms with Gasteiger partial charge in [0, 0.05) is 29.6 Å². The first-order valence-corrected chi connectivity index (χ1v) is 14.8. The second-order valence-electron chi connectivity index (χ2n) is 11.9. The molecule has 9 nitrogen and oxygen atoms in total. The van der Waals surface area contributed by atoms with Crippen LogP contribution in [0.1, 0.15) is 30.5 Å². The van der Waals surface area contributed by atoms with Crippen molar-refractivity contribution in [2.45, 2.75) is 43.7 Å². The number of alkyl halides is 2. The first-order valence-electron chi connectivity index (χ1n) is 14.0. The van der Waals surface area contributed by atoms with E-state index in [9.17, 15) is 19.5 Å². The van der Waals surface area contributed by atoms with Gasteiger partial charge in [-0.05, 0) is 49.9 Å². The highest BCUT2D eigenvalue weighted by molar-refractivity contribution is 6.38. The van der Waals surface area contributed by atoms with Crippen LogP contribution in [0.4, 0.5) is 20.2 Å². The van der Waals surface area contributed by atoms with E-state index in [0.29, 0.717) is 11.4 Å². The number of aryl methyl sites for hydroxylation is 1. The van der Waals surface area contributed by atoms with Crippen molar-refractivity contribution in [3.05, 3.63) is 70.0 Å². The van der Waals surface area contributed by atoms with Gasteiger partial charge in [0.05, 0.1) is 46.4 Å². The molecule has 4 heterocycles. The van der Waals surface area contributed by atoms with E-state index >= 15 is 8.78 Å². The number of benzene rings is 2. The van der Waals surface area contributed by atoms with Crippen molar-refractivity contribution in [2.24, 2.45) is 17.8 Å². The molecule has 0 bridgehead atoms. The van der Waals surface area contributed by atoms with Crippen molar-refractivity contribution in [1.82, 2.24) is 14.7 Å². The average molecular weight is 630 g/mol. The zero-order valence-corrected chi connectivity index (χ0v) is 24.4. The SMILES string of the molecule is Cc1nn(-c2ccccc2)cc1N(CC1CC1)C(=O)[C@H]1[C@H]2CC(F)(F)CN2[C@]2(C(=O)Nc3c(Cl)cc(Cl)cc32)[C@H]1C(=O)O. The van der Waals surface area contributed by atoms with E-state index in [-0.39, 0.29) is 33.8 Å². The predicted molar refractivity (Wildman–Crippen MR) is 155 cm³/mol. The Balaban J connectivity index is 1.38. The second kappa shape index (κ2) is 9.73. The number of nitrogens with zero attached hydrogens (tertiary/aromatic N) is 4. The van der Waals surface area contributed by atoms with E-state index in [0.717, 1.165) is 18.5 Å². The summed E-state index contributed by atoms with van der Waals surface area (Å²) in [5.41, 5.74) is -0.178. The largest absolute Gasteiger partial charge is 0.481 e. The topological polar surface area (TPSA) is 108 Å². The summed E-state index contributed by atoms with van der Waals surface area (Å²) in [6, 6.07) is 10.8. The number of halogens is 4. The number of carboxylic acid groups (broad SMARTS) is 1. The lowest BCUT2D eigenvalue weighted by Crippen LogP contribution is -2.54. The molecule has 3 fully saturated rings. The van der Waals surface area contributed by atoms with Gasteiger partial charge in [0.2, 0.25) is 5.91 Å². The van der Waals surface area contributed by atoms with Crippen LogP contribution in [-0.2, 0) is 19.9 Å². The van der Waals surface area contributed by atoms with Crippen molar-refractivity contribution in [2.75, 3.05) is 23.3 Å². The number of aliphatic carboxylic acids is 1. The summed E-state index contributed by atoms with van der Waals surface area (Å²) in [5.74, 6) is -9.15. The number of rotatable bonds is 6. The van der Waals surface area contributed by atoms with Crippen LogP contribution in [0.3, 0.4) is 0 Å². The van der Waals surface area contributed by atoms with Gasteiger partial charge in [-0.3, -0.25) is 19.3 Å². The van der Waals surface area contributed by atoms with Crippen LogP contribution in [0, 0.1) is 24.7 Å². The first-order chi connectivity index (χ1) is 20.4. The third-order valence-electron chi connectivity index (χ3n) is 9.18. The van der Waals surface area contributed by atoms with Gasteiger partial charge in [-0.15, -0.1) is 0 Å². The maximum Gasteiger partial charge on any atom is 0.310 e. The molecule has 43 heavy (non-hydrogen) atoms. The Labute approximate surface area is 255 Å². The molecule has 13 heteroatoms. The van der Waals surface area contributed by atoms with Gasteiger partial charge in [-0.2, -0.15) is 5.10 Å². The van der Waals surface area contributed by atoms with E-state index in [4.69, 9.17) is 23.2 Å². The maximum absolute atomic E-state index is 15.2. The number of anilines is 2. The van der Waals surface area contributed by atoms with E-state index in [1.807, 2.05) is 30.3 Å². The molecule has 1 spiro atoms. The van der Waals surface area contributed by atoms with E-state index in [2.05, 4.69) is 10.4 Å². The quantitative estimate of drug-likeness (QED) is 0.392. The van der Waals surface area contributed by atoms with Crippen LogP contribution in [0.15, 0.2) is 48.7 Å². The number of carboxylic acids is 1. The number of carbonyl (C=O) groups excluding carboxylic acids is 2. The average Bonchev–Trinajstić information content (AvgIpc) is 3.39. The first kappa shape index (κ1) is 28.2. The van der Waals surface area contributed by atoms with Gasteiger partial charge in [0.1, 0.15) is 11.5 Å². The molecule has 2 aromatic carbocycles. The Morgan fingerprint density at radius 1 is 1.19 bits per heavy atom. The predicted octanol–water partition coefficient (Wildman–Crippen LogP) is 5.12. The normalized spacial score (nSPS) is 27.3. The summed E-state index contributed by atoms with van der Waals surface area (Å²) < 4.78 is 32.1. The summed E-state index contributed by atoms with van der Waals surface area (Å²) >= 11 is 12.7. The van der Waals surface area contributed by atoms with E-state index in [1.54, 1.807) is 17.8 Å². The fraction of sp³-hybridized carbons (Fsp3) is 0.400. The van der Waals surface area contributed by atoms with Crippen LogP contribution in [0.5, 0.6) is 0 Å². The molecule has 3 aliphatic heterocycles. The lowest BCUT2D eigenvalue weighted by Gasteiger charge is -2.36. The standard InChI is InChI=1S/C30H27Cl2F2N5O4/c1-15-22(13-39(36-15)18-5-3-2-4-6-18)37(12-16-7-8-16)26(40)23-21-11-29(33,34)14-38(21)30(24(23)27(41)42)19-9-17(31)10-20(32)25(19)35-28(30)43/h2-6,9-10,13,16,21,23-24H,7-8,11-12,14H2,1H3,(H,35,43)(H,41,42)/t21-,23+,24-,30+/m1/s1. The molecular formula is C30H27Cl2F2N5O4. The molecule has 2 N–H and O–H groups in total. The summed E-state index contributed by atoms with van der Waals surface area (Å²) in [4.78, 5) is 44.5. The lowest BCUT2D eigenvalue weighted by atomic mass is 9.73. The molecule has 7 rings (SSSR count). The molecule has 0 unspecified atom stereocenters. The van der Waals surface area contributed by atoms with Gasteiger partial charge < -0.3 is 15.3 Å². The summed E-state index contributed by atoms with van der Waals surface area (Å²) in [7, 11) is 0. The van der Waals surface area contributed by atoms with Gasteiger partial charge >= 0.3 is 5.97 Å². The molecular weight excluding hydrogens is 603 g/mol. The number of aromatic nitrogens is 2. The van der Waals surface area contributed by atoms with Crippen LogP contribution in [-0.4, -0.2) is 62.6 Å². The van der Waals surface area contributed by atoms with Crippen molar-refractivity contribution in [1.29, 1.82) is 0 Å². The molecule has 2 amide bonds.